The molecule has 0 atom stereocenters. The molecule has 0 spiro atoms. The fourth-order valence-electron chi connectivity index (χ4n) is 1.75. The Hall–Kier alpha value is -2.06. The van der Waals surface area contributed by atoms with Crippen molar-refractivity contribution in [2.45, 2.75) is 11.4 Å². The van der Waals surface area contributed by atoms with Crippen molar-refractivity contribution in [1.82, 2.24) is 0 Å². The first kappa shape index (κ1) is 15.3. The van der Waals surface area contributed by atoms with Crippen molar-refractivity contribution in [2.75, 3.05) is 4.72 Å². The van der Waals surface area contributed by atoms with Crippen LogP contribution >= 0.6 is 0 Å². The second kappa shape index (κ2) is 5.74. The van der Waals surface area contributed by atoms with Gasteiger partial charge < -0.3 is 5.73 Å². The van der Waals surface area contributed by atoms with Crippen LogP contribution in [0, 0.1) is 17.5 Å². The molecule has 0 heterocycles. The van der Waals surface area contributed by atoms with Crippen molar-refractivity contribution in [2.24, 2.45) is 5.73 Å². The molecule has 2 aromatic rings. The first-order chi connectivity index (χ1) is 9.83. The summed E-state index contributed by atoms with van der Waals surface area (Å²) in [6, 6.07) is 6.63. The maximum Gasteiger partial charge on any atom is 0.267 e. The van der Waals surface area contributed by atoms with Gasteiger partial charge in [0, 0.05) is 24.4 Å². The summed E-state index contributed by atoms with van der Waals surface area (Å²) in [7, 11) is -4.52. The van der Waals surface area contributed by atoms with Crippen LogP contribution in [0.25, 0.3) is 0 Å². The van der Waals surface area contributed by atoms with E-state index in [2.05, 4.69) is 0 Å². The predicted octanol–water partition coefficient (Wildman–Crippen LogP) is 2.36. The number of hydrogen-bond donors (Lipinski definition) is 2. The van der Waals surface area contributed by atoms with Crippen molar-refractivity contribution in [3.63, 3.8) is 0 Å². The molecule has 0 saturated heterocycles. The van der Waals surface area contributed by atoms with Gasteiger partial charge in [-0.15, -0.1) is 0 Å². The third-order valence-corrected chi connectivity index (χ3v) is 4.08. The van der Waals surface area contributed by atoms with E-state index < -0.39 is 32.4 Å². The molecule has 0 bridgehead atoms. The minimum absolute atomic E-state index is 0.0982. The first-order valence-corrected chi connectivity index (χ1v) is 7.28. The lowest BCUT2D eigenvalue weighted by atomic mass is 10.2. The third-order valence-electron chi connectivity index (χ3n) is 2.65. The number of anilines is 1. The fourth-order valence-corrected chi connectivity index (χ4v) is 2.92. The Morgan fingerprint density at radius 2 is 1.67 bits per heavy atom. The molecule has 0 aliphatic heterocycles. The summed E-state index contributed by atoms with van der Waals surface area (Å²) >= 11 is 0. The van der Waals surface area contributed by atoms with Crippen LogP contribution in [-0.4, -0.2) is 8.42 Å². The number of rotatable bonds is 4. The van der Waals surface area contributed by atoms with Crippen LogP contribution < -0.4 is 10.5 Å². The summed E-state index contributed by atoms with van der Waals surface area (Å²) in [5.41, 5.74) is 6.15. The van der Waals surface area contributed by atoms with Gasteiger partial charge in [0.1, 0.15) is 17.5 Å². The molecule has 112 valence electrons. The highest BCUT2D eigenvalue weighted by molar-refractivity contribution is 7.92. The molecular weight excluding hydrogens is 305 g/mol. The van der Waals surface area contributed by atoms with Crippen LogP contribution in [0.2, 0.25) is 0 Å². The molecule has 0 unspecified atom stereocenters. The quantitative estimate of drug-likeness (QED) is 0.909. The van der Waals surface area contributed by atoms with Crippen molar-refractivity contribution < 1.29 is 21.6 Å². The van der Waals surface area contributed by atoms with Crippen LogP contribution in [0.1, 0.15) is 5.56 Å². The third kappa shape index (κ3) is 3.34. The Kier molecular flexibility index (Phi) is 4.19. The number of halogens is 3. The van der Waals surface area contributed by atoms with Crippen molar-refractivity contribution >= 4 is 15.7 Å². The Morgan fingerprint density at radius 1 is 1.05 bits per heavy atom. The summed E-state index contributed by atoms with van der Waals surface area (Å²) in [5.74, 6) is -4.21. The summed E-state index contributed by atoms with van der Waals surface area (Å²) in [5, 5.41) is 0. The molecule has 0 aliphatic carbocycles. The molecule has 0 saturated carbocycles. The predicted molar refractivity (Wildman–Crippen MR) is 71.5 cm³/mol. The van der Waals surface area contributed by atoms with Gasteiger partial charge in [-0.1, -0.05) is 12.1 Å². The maximum absolute atomic E-state index is 13.5. The number of nitrogens with one attached hydrogen (secondary N) is 1. The van der Waals surface area contributed by atoms with Gasteiger partial charge in [-0.2, -0.15) is 0 Å². The van der Waals surface area contributed by atoms with Gasteiger partial charge in [0.15, 0.2) is 4.90 Å². The summed E-state index contributed by atoms with van der Waals surface area (Å²) in [6.45, 7) is 0.175. The van der Waals surface area contributed by atoms with E-state index >= 15 is 0 Å². The van der Waals surface area contributed by atoms with Gasteiger partial charge in [0.2, 0.25) is 0 Å². The van der Waals surface area contributed by atoms with E-state index in [0.717, 1.165) is 0 Å². The van der Waals surface area contributed by atoms with Crippen LogP contribution in [0.15, 0.2) is 41.3 Å². The molecule has 0 radical (unpaired) electrons. The molecule has 4 nitrogen and oxygen atoms in total. The van der Waals surface area contributed by atoms with E-state index in [1.54, 1.807) is 6.07 Å². The van der Waals surface area contributed by atoms with Crippen LogP contribution in [-0.2, 0) is 16.6 Å². The average Bonchev–Trinajstić information content (AvgIpc) is 2.36. The molecular formula is C13H11F3N2O2S. The summed E-state index contributed by atoms with van der Waals surface area (Å²) in [4.78, 5) is -1.23. The highest BCUT2D eigenvalue weighted by atomic mass is 32.2. The van der Waals surface area contributed by atoms with Crippen LogP contribution in [0.3, 0.4) is 0 Å². The molecule has 0 amide bonds. The number of nitrogens with two attached hydrogens (primary N) is 1. The van der Waals surface area contributed by atoms with Crippen molar-refractivity contribution in [3.05, 3.63) is 59.4 Å². The van der Waals surface area contributed by atoms with Crippen molar-refractivity contribution in [3.8, 4) is 0 Å². The largest absolute Gasteiger partial charge is 0.326 e. The summed E-state index contributed by atoms with van der Waals surface area (Å²) < 4.78 is 65.9. The van der Waals surface area contributed by atoms with E-state index in [4.69, 9.17) is 5.73 Å². The zero-order valence-corrected chi connectivity index (χ0v) is 11.4. The van der Waals surface area contributed by atoms with Gasteiger partial charge in [-0.05, 0) is 17.7 Å². The normalized spacial score (nSPS) is 11.4. The highest BCUT2D eigenvalue weighted by Gasteiger charge is 2.25. The van der Waals surface area contributed by atoms with E-state index in [-0.39, 0.29) is 12.2 Å². The Bertz CT molecular complexity index is 756. The van der Waals surface area contributed by atoms with Gasteiger partial charge in [0.25, 0.3) is 10.0 Å². The second-order valence-electron chi connectivity index (χ2n) is 4.21. The van der Waals surface area contributed by atoms with Crippen molar-refractivity contribution in [1.29, 1.82) is 0 Å². The summed E-state index contributed by atoms with van der Waals surface area (Å²) in [6.07, 6.45) is 0. The Labute approximate surface area is 119 Å². The lowest BCUT2D eigenvalue weighted by Gasteiger charge is -2.10. The Balaban J connectivity index is 2.43. The van der Waals surface area contributed by atoms with E-state index in [9.17, 15) is 21.6 Å². The minimum Gasteiger partial charge on any atom is -0.326 e. The van der Waals surface area contributed by atoms with Crippen LogP contribution in [0.5, 0.6) is 0 Å². The van der Waals surface area contributed by atoms with Gasteiger partial charge in [-0.25, -0.2) is 21.6 Å². The van der Waals surface area contributed by atoms with Gasteiger partial charge in [-0.3, -0.25) is 4.72 Å². The lowest BCUT2D eigenvalue weighted by molar-refractivity contribution is 0.498. The molecule has 0 fully saturated rings. The Morgan fingerprint density at radius 3 is 2.24 bits per heavy atom. The maximum atomic E-state index is 13.5. The fraction of sp³-hybridized carbons (Fsp3) is 0.0769. The first-order valence-electron chi connectivity index (χ1n) is 5.80. The van der Waals surface area contributed by atoms with E-state index in [1.165, 1.54) is 18.2 Å². The SMILES string of the molecule is NCc1cccc(NS(=O)(=O)c2c(F)cc(F)cc2F)c1. The standard InChI is InChI=1S/C13H11F3N2O2S/c14-9-5-11(15)13(12(16)6-9)21(19,20)18-10-3-1-2-8(4-10)7-17/h1-6,18H,7,17H2. The molecule has 3 N–H and O–H groups in total. The molecule has 21 heavy (non-hydrogen) atoms. The molecule has 2 rings (SSSR count). The van der Waals surface area contributed by atoms with Crippen LogP contribution in [0.4, 0.5) is 18.9 Å². The van der Waals surface area contributed by atoms with Gasteiger partial charge >= 0.3 is 0 Å². The molecule has 0 aromatic heterocycles. The smallest absolute Gasteiger partial charge is 0.267 e. The molecule has 2 aromatic carbocycles. The number of benzene rings is 2. The minimum atomic E-state index is -4.52. The second-order valence-corrected chi connectivity index (χ2v) is 5.83. The molecule has 8 heteroatoms. The topological polar surface area (TPSA) is 72.2 Å². The highest BCUT2D eigenvalue weighted by Crippen LogP contribution is 2.23. The van der Waals surface area contributed by atoms with E-state index in [0.29, 0.717) is 17.7 Å². The average molecular weight is 316 g/mol. The lowest BCUT2D eigenvalue weighted by Crippen LogP contribution is -2.17. The number of sulfonamides is 1. The zero-order chi connectivity index (χ0) is 15.6. The molecule has 0 aliphatic rings. The van der Waals surface area contributed by atoms with Gasteiger partial charge in [0.05, 0.1) is 0 Å². The van der Waals surface area contributed by atoms with E-state index in [1.807, 2.05) is 4.72 Å². The zero-order valence-electron chi connectivity index (χ0n) is 10.6. The number of hydrogen-bond acceptors (Lipinski definition) is 3. The monoisotopic (exact) mass is 316 g/mol.